The average molecular weight is 548 g/mol. The summed E-state index contributed by atoms with van der Waals surface area (Å²) in [6.45, 7) is 15.9. The lowest BCUT2D eigenvalue weighted by molar-refractivity contribution is -0.417. The standard InChI is InChI=1S/C34H36F3NS/c1-8-33(6,9-2)28-19-27(21(3)23-14-10-11-15-24(23)28)29-31-26(17-18-38(29)7)25-16-12-13-22(30(25)39-31)20-32(4,5)34(35,36)37/h10-19H,7-9,20H2,1-6H3. The Hall–Kier alpha value is -3.05. The summed E-state index contributed by atoms with van der Waals surface area (Å²) in [6.07, 6.45) is 1.71. The van der Waals surface area contributed by atoms with E-state index in [4.69, 9.17) is 0 Å². The van der Waals surface area contributed by atoms with Crippen molar-refractivity contribution in [1.29, 1.82) is 0 Å². The highest BCUT2D eigenvalue weighted by Crippen LogP contribution is 2.48. The van der Waals surface area contributed by atoms with Crippen LogP contribution in [0.15, 0.2) is 54.7 Å². The molecule has 0 fully saturated rings. The SMILES string of the molecule is C=[N+]1C=Cc2c([s+][c-]3c(CC(C)(C)C(F)(F)F)cccc23)[C-]1c1cc(C(C)(CC)CC)c2ccccc2c1C. The summed E-state index contributed by atoms with van der Waals surface area (Å²) in [4.78, 5) is 1.05. The van der Waals surface area contributed by atoms with Crippen molar-refractivity contribution < 1.29 is 17.7 Å². The lowest BCUT2D eigenvalue weighted by Gasteiger charge is -2.33. The maximum absolute atomic E-state index is 13.8. The quantitative estimate of drug-likeness (QED) is 0.128. The van der Waals surface area contributed by atoms with E-state index >= 15 is 0 Å². The molecule has 1 aliphatic rings. The maximum atomic E-state index is 13.8. The van der Waals surface area contributed by atoms with Crippen LogP contribution in [0.4, 0.5) is 13.2 Å². The zero-order chi connectivity index (χ0) is 28.3. The molecule has 0 aliphatic carbocycles. The highest BCUT2D eigenvalue weighted by atomic mass is 32.1. The first-order chi connectivity index (χ1) is 18.3. The number of nitrogens with zero attached hydrogens (tertiary/aromatic N) is 1. The topological polar surface area (TPSA) is 3.01 Å². The first-order valence-electron chi connectivity index (χ1n) is 13.6. The minimum absolute atomic E-state index is 0.0124. The molecule has 0 saturated carbocycles. The second kappa shape index (κ2) is 9.55. The van der Waals surface area contributed by atoms with Crippen LogP contribution in [-0.4, -0.2) is 17.5 Å². The Bertz CT molecular complexity index is 1620. The van der Waals surface area contributed by atoms with Gasteiger partial charge in [-0.25, -0.2) is 0 Å². The van der Waals surface area contributed by atoms with Crippen LogP contribution in [0, 0.1) is 18.4 Å². The molecular formula is C34H36F3NS. The molecule has 204 valence electrons. The Kier molecular flexibility index (Phi) is 6.74. The van der Waals surface area contributed by atoms with Crippen LogP contribution in [0.25, 0.3) is 26.9 Å². The molecule has 5 rings (SSSR count). The molecule has 1 aliphatic heterocycles. The zero-order valence-electron chi connectivity index (χ0n) is 23.6. The van der Waals surface area contributed by atoms with Gasteiger partial charge in [-0.05, 0) is 58.2 Å². The van der Waals surface area contributed by atoms with Gasteiger partial charge in [0.15, 0.2) is 15.6 Å². The minimum atomic E-state index is -4.28. The molecule has 0 bridgehead atoms. The van der Waals surface area contributed by atoms with Gasteiger partial charge in [0.2, 0.25) is 0 Å². The Balaban J connectivity index is 1.75. The van der Waals surface area contributed by atoms with Gasteiger partial charge in [0.25, 0.3) is 0 Å². The number of halogens is 3. The second-order valence-electron chi connectivity index (χ2n) is 11.7. The predicted molar refractivity (Wildman–Crippen MR) is 160 cm³/mol. The smallest absolute Gasteiger partial charge is 0.257 e. The van der Waals surface area contributed by atoms with Crippen molar-refractivity contribution in [3.63, 3.8) is 0 Å². The number of hydrogen-bond donors (Lipinski definition) is 0. The Morgan fingerprint density at radius 2 is 1.62 bits per heavy atom. The van der Waals surface area contributed by atoms with Crippen LogP contribution in [0.2, 0.25) is 0 Å². The highest BCUT2D eigenvalue weighted by Gasteiger charge is 2.47. The third-order valence-corrected chi connectivity index (χ3v) is 10.2. The van der Waals surface area contributed by atoms with Gasteiger partial charge < -0.3 is 0 Å². The molecule has 0 N–H and O–H groups in total. The fourth-order valence-corrected chi connectivity index (χ4v) is 7.17. The number of aryl methyl sites for hydroxylation is 1. The van der Waals surface area contributed by atoms with Crippen molar-refractivity contribution in [1.82, 2.24) is 0 Å². The third-order valence-electron chi connectivity index (χ3n) is 8.94. The summed E-state index contributed by atoms with van der Waals surface area (Å²) in [7, 11) is 0. The molecule has 3 aromatic carbocycles. The summed E-state index contributed by atoms with van der Waals surface area (Å²) >= 11 is 1.59. The summed E-state index contributed by atoms with van der Waals surface area (Å²) in [6, 6.07) is 17.7. The molecule has 0 amide bonds. The van der Waals surface area contributed by atoms with E-state index in [-0.39, 0.29) is 11.8 Å². The number of thiophene rings is 1. The van der Waals surface area contributed by atoms with E-state index in [9.17, 15) is 13.2 Å². The lowest BCUT2D eigenvalue weighted by Crippen LogP contribution is -2.34. The summed E-state index contributed by atoms with van der Waals surface area (Å²) in [5.41, 5.74) is 3.62. The van der Waals surface area contributed by atoms with Crippen LogP contribution in [-0.2, 0) is 11.8 Å². The number of benzene rings is 3. The van der Waals surface area contributed by atoms with Crippen molar-refractivity contribution >= 4 is 45.0 Å². The molecule has 5 heteroatoms. The van der Waals surface area contributed by atoms with Gasteiger partial charge in [-0.2, -0.15) is 13.2 Å². The molecule has 39 heavy (non-hydrogen) atoms. The Morgan fingerprint density at radius 1 is 0.949 bits per heavy atom. The van der Waals surface area contributed by atoms with Gasteiger partial charge in [-0.15, -0.1) is 18.2 Å². The molecule has 0 spiro atoms. The Labute approximate surface area is 233 Å². The van der Waals surface area contributed by atoms with Crippen molar-refractivity contribution in [3.05, 3.63) is 93.5 Å². The maximum Gasteiger partial charge on any atom is 0.394 e. The van der Waals surface area contributed by atoms with Gasteiger partial charge in [0.1, 0.15) is 17.5 Å². The minimum Gasteiger partial charge on any atom is -0.257 e. The molecule has 2 heterocycles. The van der Waals surface area contributed by atoms with E-state index in [1.807, 2.05) is 35.1 Å². The van der Waals surface area contributed by atoms with Gasteiger partial charge in [0.05, 0.1) is 12.1 Å². The molecule has 1 aromatic heterocycles. The van der Waals surface area contributed by atoms with E-state index in [1.54, 1.807) is 11.3 Å². The summed E-state index contributed by atoms with van der Waals surface area (Å²) in [5, 5.41) is 3.50. The van der Waals surface area contributed by atoms with E-state index in [0.29, 0.717) is 0 Å². The zero-order valence-corrected chi connectivity index (χ0v) is 24.4. The van der Waals surface area contributed by atoms with E-state index < -0.39 is 11.6 Å². The van der Waals surface area contributed by atoms with E-state index in [0.717, 1.165) is 50.5 Å². The number of alkyl halides is 3. The van der Waals surface area contributed by atoms with Crippen LogP contribution in [0.1, 0.15) is 80.2 Å². The first kappa shape index (κ1) is 27.5. The fourth-order valence-electron chi connectivity index (χ4n) is 5.80. The van der Waals surface area contributed by atoms with Crippen LogP contribution >= 0.6 is 11.3 Å². The largest absolute Gasteiger partial charge is 0.394 e. The van der Waals surface area contributed by atoms with Crippen molar-refractivity contribution in [2.45, 2.75) is 72.4 Å². The normalized spacial score (nSPS) is 14.5. The molecular weight excluding hydrogens is 511 g/mol. The first-order valence-corrected chi connectivity index (χ1v) is 14.4. The van der Waals surface area contributed by atoms with Crippen molar-refractivity contribution in [2.24, 2.45) is 5.41 Å². The Morgan fingerprint density at radius 3 is 2.26 bits per heavy atom. The molecule has 0 atom stereocenters. The molecule has 0 saturated heterocycles. The number of rotatable bonds is 6. The summed E-state index contributed by atoms with van der Waals surface area (Å²) in [5.74, 6) is 0. The molecule has 0 radical (unpaired) electrons. The molecule has 1 nitrogen and oxygen atoms in total. The van der Waals surface area contributed by atoms with Gasteiger partial charge in [-0.3, -0.25) is 4.58 Å². The van der Waals surface area contributed by atoms with Crippen LogP contribution < -0.4 is 0 Å². The average Bonchev–Trinajstić information content (AvgIpc) is 3.28. The molecule has 0 unspecified atom stereocenters. The number of fused-ring (bicyclic) bond motifs is 4. The second-order valence-corrected chi connectivity index (χ2v) is 12.8. The lowest BCUT2D eigenvalue weighted by atomic mass is 9.74. The van der Waals surface area contributed by atoms with Crippen molar-refractivity contribution in [2.75, 3.05) is 0 Å². The van der Waals surface area contributed by atoms with Gasteiger partial charge >= 0.3 is 6.18 Å². The van der Waals surface area contributed by atoms with Gasteiger partial charge in [0, 0.05) is 0 Å². The van der Waals surface area contributed by atoms with E-state index in [1.165, 1.54) is 35.7 Å². The number of hydrogen-bond acceptors (Lipinski definition) is 0. The van der Waals surface area contributed by atoms with E-state index in [2.05, 4.69) is 64.7 Å². The fraction of sp³-hybridized carbons (Fsp3) is 0.353. The summed E-state index contributed by atoms with van der Waals surface area (Å²) < 4.78 is 44.3. The predicted octanol–water partition coefficient (Wildman–Crippen LogP) is 10.2. The monoisotopic (exact) mass is 547 g/mol. The third kappa shape index (κ3) is 4.39. The van der Waals surface area contributed by atoms with Crippen LogP contribution in [0.3, 0.4) is 0 Å². The van der Waals surface area contributed by atoms with Gasteiger partial charge in [-0.1, -0.05) is 88.4 Å². The van der Waals surface area contributed by atoms with Crippen molar-refractivity contribution in [3.8, 4) is 0 Å². The molecule has 4 aromatic rings. The van der Waals surface area contributed by atoms with Crippen LogP contribution in [0.5, 0.6) is 0 Å². The highest BCUT2D eigenvalue weighted by molar-refractivity contribution is 7.20.